The maximum absolute atomic E-state index is 12.6. The van der Waals surface area contributed by atoms with Gasteiger partial charge in [0.25, 0.3) is 11.8 Å². The average Bonchev–Trinajstić information content (AvgIpc) is 3.36. The van der Waals surface area contributed by atoms with Gasteiger partial charge in [-0.1, -0.05) is 29.8 Å². The Hall–Kier alpha value is -3.90. The molecule has 1 aliphatic rings. The van der Waals surface area contributed by atoms with Crippen molar-refractivity contribution in [1.82, 2.24) is 9.88 Å². The third-order valence-electron chi connectivity index (χ3n) is 6.08. The summed E-state index contributed by atoms with van der Waals surface area (Å²) in [4.78, 5) is 42.2. The number of aromatic amines is 1. The SMILES string of the molecule is O=C(CCc1ccc2[nH]cc(CCN3C(=O)c4ccccc4C3=O)c2c1)Nc1ccc(Cl)cc1. The molecule has 0 atom stereocenters. The Labute approximate surface area is 201 Å². The number of nitrogens with zero attached hydrogens (tertiary/aromatic N) is 1. The molecule has 5 rings (SSSR count). The zero-order chi connectivity index (χ0) is 23.7. The number of halogens is 1. The Morgan fingerprint density at radius 2 is 1.62 bits per heavy atom. The number of H-pyrrole nitrogens is 1. The van der Waals surface area contributed by atoms with Gasteiger partial charge in [0.2, 0.25) is 5.91 Å². The van der Waals surface area contributed by atoms with Crippen LogP contribution in [0.5, 0.6) is 0 Å². The number of imide groups is 1. The van der Waals surface area contributed by atoms with Gasteiger partial charge in [-0.3, -0.25) is 19.3 Å². The Balaban J connectivity index is 1.24. The fourth-order valence-electron chi connectivity index (χ4n) is 4.28. The van der Waals surface area contributed by atoms with E-state index < -0.39 is 0 Å². The minimum absolute atomic E-state index is 0.0673. The third-order valence-corrected chi connectivity index (χ3v) is 6.34. The lowest BCUT2D eigenvalue weighted by molar-refractivity contribution is -0.116. The molecule has 0 bridgehead atoms. The van der Waals surface area contributed by atoms with E-state index in [1.807, 2.05) is 18.3 Å². The molecule has 7 heteroatoms. The van der Waals surface area contributed by atoms with Gasteiger partial charge in [-0.15, -0.1) is 0 Å². The lowest BCUT2D eigenvalue weighted by Crippen LogP contribution is -2.31. The predicted octanol–water partition coefficient (Wildman–Crippen LogP) is 5.23. The van der Waals surface area contributed by atoms with Crippen LogP contribution in [-0.4, -0.2) is 34.2 Å². The highest BCUT2D eigenvalue weighted by Gasteiger charge is 2.34. The number of carbonyl (C=O) groups is 3. The molecule has 0 unspecified atom stereocenters. The van der Waals surface area contributed by atoms with Crippen molar-refractivity contribution in [2.75, 3.05) is 11.9 Å². The molecule has 1 aliphatic heterocycles. The molecule has 6 nitrogen and oxygen atoms in total. The molecular formula is C27H22ClN3O3. The first kappa shape index (κ1) is 21.9. The van der Waals surface area contributed by atoms with Crippen LogP contribution in [0.3, 0.4) is 0 Å². The maximum Gasteiger partial charge on any atom is 0.261 e. The molecule has 0 spiro atoms. The van der Waals surface area contributed by atoms with Gasteiger partial charge in [0.1, 0.15) is 0 Å². The highest BCUT2D eigenvalue weighted by Crippen LogP contribution is 2.25. The Bertz CT molecular complexity index is 1370. The van der Waals surface area contributed by atoms with E-state index in [1.54, 1.807) is 48.5 Å². The van der Waals surface area contributed by atoms with Crippen LogP contribution in [0.2, 0.25) is 5.02 Å². The molecule has 0 saturated carbocycles. The van der Waals surface area contributed by atoms with Crippen molar-refractivity contribution in [1.29, 1.82) is 0 Å². The van der Waals surface area contributed by atoms with E-state index in [4.69, 9.17) is 11.6 Å². The molecule has 0 aliphatic carbocycles. The van der Waals surface area contributed by atoms with Crippen molar-refractivity contribution in [2.45, 2.75) is 19.3 Å². The van der Waals surface area contributed by atoms with Gasteiger partial charge >= 0.3 is 0 Å². The summed E-state index contributed by atoms with van der Waals surface area (Å²) in [6.45, 7) is 0.313. The quantitative estimate of drug-likeness (QED) is 0.362. The second-order valence-electron chi connectivity index (χ2n) is 8.31. The molecule has 3 aromatic carbocycles. The number of rotatable bonds is 7. The monoisotopic (exact) mass is 471 g/mol. The fourth-order valence-corrected chi connectivity index (χ4v) is 4.40. The second kappa shape index (κ2) is 9.15. The lowest BCUT2D eigenvalue weighted by Gasteiger charge is -2.13. The molecule has 0 fully saturated rings. The van der Waals surface area contributed by atoms with Crippen molar-refractivity contribution in [3.8, 4) is 0 Å². The number of hydrogen-bond acceptors (Lipinski definition) is 3. The highest BCUT2D eigenvalue weighted by atomic mass is 35.5. The Kier molecular flexibility index (Phi) is 5.90. The van der Waals surface area contributed by atoms with Crippen LogP contribution in [0.15, 0.2) is 72.9 Å². The minimum atomic E-state index is -0.243. The standard InChI is InChI=1S/C27H22ClN3O3/c28-19-7-9-20(10-8-19)30-25(32)12-6-17-5-11-24-23(15-17)18(16-29-24)13-14-31-26(33)21-3-1-2-4-22(21)27(31)34/h1-5,7-11,15-16,29H,6,12-14H2,(H,30,32). The summed E-state index contributed by atoms with van der Waals surface area (Å²) in [6, 6.07) is 20.0. The number of anilines is 1. The molecule has 4 aromatic rings. The highest BCUT2D eigenvalue weighted by molar-refractivity contribution is 6.30. The number of amides is 3. The number of carbonyl (C=O) groups excluding carboxylic acids is 3. The zero-order valence-electron chi connectivity index (χ0n) is 18.3. The first-order valence-electron chi connectivity index (χ1n) is 11.1. The van der Waals surface area contributed by atoms with Gasteiger partial charge in [0.15, 0.2) is 0 Å². The maximum atomic E-state index is 12.6. The topological polar surface area (TPSA) is 82.3 Å². The summed E-state index contributed by atoms with van der Waals surface area (Å²) in [5.41, 5.74) is 4.69. The lowest BCUT2D eigenvalue weighted by atomic mass is 10.0. The molecule has 0 saturated heterocycles. The van der Waals surface area contributed by atoms with E-state index >= 15 is 0 Å². The van der Waals surface area contributed by atoms with Crippen molar-refractivity contribution in [3.63, 3.8) is 0 Å². The summed E-state index contributed by atoms with van der Waals surface area (Å²) in [5.74, 6) is -0.553. The molecular weight excluding hydrogens is 450 g/mol. The van der Waals surface area contributed by atoms with Crippen LogP contribution in [0.4, 0.5) is 5.69 Å². The molecule has 34 heavy (non-hydrogen) atoms. The van der Waals surface area contributed by atoms with E-state index in [9.17, 15) is 14.4 Å². The van der Waals surface area contributed by atoms with Crippen LogP contribution >= 0.6 is 11.6 Å². The summed E-state index contributed by atoms with van der Waals surface area (Å²) < 4.78 is 0. The number of nitrogens with one attached hydrogen (secondary N) is 2. The molecule has 0 radical (unpaired) electrons. The van der Waals surface area contributed by atoms with E-state index in [0.29, 0.717) is 47.6 Å². The summed E-state index contributed by atoms with van der Waals surface area (Å²) in [5, 5.41) is 4.53. The molecule has 2 N–H and O–H groups in total. The number of hydrogen-bond donors (Lipinski definition) is 2. The molecule has 170 valence electrons. The molecule has 2 heterocycles. The zero-order valence-corrected chi connectivity index (χ0v) is 19.1. The Morgan fingerprint density at radius 1 is 0.912 bits per heavy atom. The average molecular weight is 472 g/mol. The number of fused-ring (bicyclic) bond motifs is 2. The van der Waals surface area contributed by atoms with Crippen molar-refractivity contribution < 1.29 is 14.4 Å². The van der Waals surface area contributed by atoms with Gasteiger partial charge in [-0.05, 0) is 72.5 Å². The van der Waals surface area contributed by atoms with E-state index in [0.717, 1.165) is 22.0 Å². The fraction of sp³-hybridized carbons (Fsp3) is 0.148. The molecule has 3 amide bonds. The van der Waals surface area contributed by atoms with Crippen molar-refractivity contribution in [2.24, 2.45) is 0 Å². The van der Waals surface area contributed by atoms with E-state index in [2.05, 4.69) is 16.4 Å². The van der Waals surface area contributed by atoms with Crippen molar-refractivity contribution in [3.05, 3.63) is 100 Å². The third kappa shape index (κ3) is 4.32. The van der Waals surface area contributed by atoms with Gasteiger partial charge in [0, 0.05) is 40.8 Å². The molecule has 1 aromatic heterocycles. The Morgan fingerprint density at radius 3 is 2.32 bits per heavy atom. The minimum Gasteiger partial charge on any atom is -0.361 e. The van der Waals surface area contributed by atoms with E-state index in [-0.39, 0.29) is 17.7 Å². The number of aromatic nitrogens is 1. The van der Waals surface area contributed by atoms with Crippen LogP contribution in [-0.2, 0) is 17.6 Å². The smallest absolute Gasteiger partial charge is 0.261 e. The van der Waals surface area contributed by atoms with Crippen LogP contribution in [0, 0.1) is 0 Å². The van der Waals surface area contributed by atoms with Crippen LogP contribution in [0.1, 0.15) is 38.3 Å². The van der Waals surface area contributed by atoms with Gasteiger partial charge in [-0.2, -0.15) is 0 Å². The van der Waals surface area contributed by atoms with Crippen LogP contribution < -0.4 is 5.32 Å². The predicted molar refractivity (Wildman–Crippen MR) is 132 cm³/mol. The second-order valence-corrected chi connectivity index (χ2v) is 8.74. The van der Waals surface area contributed by atoms with E-state index in [1.165, 1.54) is 4.90 Å². The summed E-state index contributed by atoms with van der Waals surface area (Å²) in [7, 11) is 0. The largest absolute Gasteiger partial charge is 0.361 e. The number of aryl methyl sites for hydroxylation is 1. The van der Waals surface area contributed by atoms with Crippen molar-refractivity contribution >= 4 is 45.9 Å². The normalized spacial score (nSPS) is 12.9. The first-order chi connectivity index (χ1) is 16.5. The summed E-state index contributed by atoms with van der Waals surface area (Å²) >= 11 is 5.88. The van der Waals surface area contributed by atoms with Gasteiger partial charge < -0.3 is 10.3 Å². The summed E-state index contributed by atoms with van der Waals surface area (Å²) in [6.07, 6.45) is 3.41. The van der Waals surface area contributed by atoms with Crippen LogP contribution in [0.25, 0.3) is 10.9 Å². The first-order valence-corrected chi connectivity index (χ1v) is 11.5. The number of benzene rings is 3. The van der Waals surface area contributed by atoms with Gasteiger partial charge in [-0.25, -0.2) is 0 Å². The van der Waals surface area contributed by atoms with Gasteiger partial charge in [0.05, 0.1) is 11.1 Å².